The van der Waals surface area contributed by atoms with Gasteiger partial charge in [0.2, 0.25) is 11.8 Å². The second kappa shape index (κ2) is 9.14. The molecule has 0 radical (unpaired) electrons. The van der Waals surface area contributed by atoms with Crippen LogP contribution in [0.3, 0.4) is 0 Å². The Morgan fingerprint density at radius 2 is 2.04 bits per heavy atom. The second-order valence-corrected chi connectivity index (χ2v) is 8.92. The first-order valence-electron chi connectivity index (χ1n) is 9.18. The third-order valence-electron chi connectivity index (χ3n) is 4.41. The number of thiophene rings is 1. The number of nitrogens with one attached hydrogen (secondary N) is 2. The highest BCUT2D eigenvalue weighted by atomic mass is 32.1. The zero-order chi connectivity index (χ0) is 20.1. The fourth-order valence-corrected chi connectivity index (χ4v) is 3.47. The molecule has 2 heterocycles. The maximum atomic E-state index is 12.5. The lowest BCUT2D eigenvalue weighted by Gasteiger charge is -2.44. The van der Waals surface area contributed by atoms with E-state index in [1.807, 2.05) is 31.4 Å². The largest absolute Gasteiger partial charge is 0.383 e. The molecule has 0 aromatic carbocycles. The highest BCUT2D eigenvalue weighted by Crippen LogP contribution is 2.34. The van der Waals surface area contributed by atoms with E-state index in [1.54, 1.807) is 25.2 Å². The fraction of sp³-hybridized carbons (Fsp3) is 0.684. The summed E-state index contributed by atoms with van der Waals surface area (Å²) >= 11 is 1.63. The monoisotopic (exact) mass is 398 g/mol. The standard InChI is InChI=1S/C19H30N2O5S/c1-18(2)12-25-19(3,4)26-15(18)17(24)21-10-8-14(22)16(23)20-9-7-13-6-5-11-27-13/h5-6,11,14-15,22H,7-10,12H2,1-4H3,(H,20,23)(H,21,24)/t14-,15+/m1/s1. The van der Waals surface area contributed by atoms with E-state index in [2.05, 4.69) is 10.6 Å². The molecule has 27 heavy (non-hydrogen) atoms. The molecular weight excluding hydrogens is 368 g/mol. The smallest absolute Gasteiger partial charge is 0.249 e. The van der Waals surface area contributed by atoms with Crippen LogP contribution in [0, 0.1) is 5.41 Å². The predicted molar refractivity (Wildman–Crippen MR) is 103 cm³/mol. The Morgan fingerprint density at radius 1 is 1.30 bits per heavy atom. The third kappa shape index (κ3) is 6.57. The Bertz CT molecular complexity index is 630. The lowest BCUT2D eigenvalue weighted by Crippen LogP contribution is -2.56. The summed E-state index contributed by atoms with van der Waals surface area (Å²) in [5.41, 5.74) is -0.461. The Balaban J connectivity index is 1.70. The average Bonchev–Trinajstić information content (AvgIpc) is 3.10. The summed E-state index contributed by atoms with van der Waals surface area (Å²) in [7, 11) is 0. The van der Waals surface area contributed by atoms with Gasteiger partial charge in [-0.05, 0) is 38.1 Å². The number of carbonyl (C=O) groups excluding carboxylic acids is 2. The number of ether oxygens (including phenoxy) is 2. The molecular formula is C19H30N2O5S. The zero-order valence-corrected chi connectivity index (χ0v) is 17.2. The van der Waals surface area contributed by atoms with Gasteiger partial charge < -0.3 is 25.2 Å². The number of carbonyl (C=O) groups is 2. The van der Waals surface area contributed by atoms with Crippen molar-refractivity contribution in [2.24, 2.45) is 5.41 Å². The highest BCUT2D eigenvalue weighted by Gasteiger charge is 2.45. The lowest BCUT2D eigenvalue weighted by atomic mass is 9.85. The van der Waals surface area contributed by atoms with Gasteiger partial charge in [0.1, 0.15) is 12.2 Å². The van der Waals surface area contributed by atoms with Crippen LogP contribution in [0.5, 0.6) is 0 Å². The summed E-state index contributed by atoms with van der Waals surface area (Å²) in [6.07, 6.45) is -0.936. The van der Waals surface area contributed by atoms with E-state index in [4.69, 9.17) is 9.47 Å². The molecule has 2 rings (SSSR count). The Labute approximate surface area is 164 Å². The molecule has 2 amide bonds. The Morgan fingerprint density at radius 3 is 2.70 bits per heavy atom. The lowest BCUT2D eigenvalue weighted by molar-refractivity contribution is -0.304. The van der Waals surface area contributed by atoms with Crippen LogP contribution >= 0.6 is 11.3 Å². The molecule has 0 bridgehead atoms. The van der Waals surface area contributed by atoms with Gasteiger partial charge in [-0.25, -0.2) is 0 Å². The number of aliphatic hydroxyl groups is 1. The molecule has 0 unspecified atom stereocenters. The number of hydrogen-bond acceptors (Lipinski definition) is 6. The molecule has 0 spiro atoms. The first kappa shape index (κ1) is 21.8. The van der Waals surface area contributed by atoms with Crippen molar-refractivity contribution in [3.63, 3.8) is 0 Å². The maximum Gasteiger partial charge on any atom is 0.249 e. The van der Waals surface area contributed by atoms with Crippen molar-refractivity contribution in [3.05, 3.63) is 22.4 Å². The molecule has 1 aromatic rings. The van der Waals surface area contributed by atoms with E-state index >= 15 is 0 Å². The van der Waals surface area contributed by atoms with E-state index in [-0.39, 0.29) is 18.9 Å². The van der Waals surface area contributed by atoms with Gasteiger partial charge >= 0.3 is 0 Å². The molecule has 7 nitrogen and oxygen atoms in total. The second-order valence-electron chi connectivity index (χ2n) is 7.89. The summed E-state index contributed by atoms with van der Waals surface area (Å²) in [6, 6.07) is 3.97. The highest BCUT2D eigenvalue weighted by molar-refractivity contribution is 7.09. The van der Waals surface area contributed by atoms with E-state index in [1.165, 1.54) is 4.88 Å². The quantitative estimate of drug-likeness (QED) is 0.616. The third-order valence-corrected chi connectivity index (χ3v) is 5.35. The van der Waals surface area contributed by atoms with Crippen LogP contribution in [0.1, 0.15) is 39.0 Å². The van der Waals surface area contributed by atoms with Crippen molar-refractivity contribution in [1.29, 1.82) is 0 Å². The topological polar surface area (TPSA) is 96.9 Å². The Kier molecular flexibility index (Phi) is 7.39. The minimum absolute atomic E-state index is 0.142. The van der Waals surface area contributed by atoms with Crippen molar-refractivity contribution in [3.8, 4) is 0 Å². The van der Waals surface area contributed by atoms with Gasteiger partial charge in [-0.3, -0.25) is 9.59 Å². The minimum Gasteiger partial charge on any atom is -0.383 e. The number of amides is 2. The zero-order valence-electron chi connectivity index (χ0n) is 16.4. The van der Waals surface area contributed by atoms with Gasteiger partial charge in [0.15, 0.2) is 5.79 Å². The minimum atomic E-state index is -1.16. The van der Waals surface area contributed by atoms with Gasteiger partial charge in [0.05, 0.1) is 6.61 Å². The van der Waals surface area contributed by atoms with Crippen LogP contribution in [0.15, 0.2) is 17.5 Å². The van der Waals surface area contributed by atoms with Crippen LogP contribution < -0.4 is 10.6 Å². The fourth-order valence-electron chi connectivity index (χ4n) is 2.76. The molecule has 3 N–H and O–H groups in total. The van der Waals surface area contributed by atoms with Crippen LogP contribution in [-0.4, -0.2) is 54.6 Å². The predicted octanol–water partition coefficient (Wildman–Crippen LogP) is 1.45. The summed E-state index contributed by atoms with van der Waals surface area (Å²) in [4.78, 5) is 25.6. The van der Waals surface area contributed by atoms with Crippen molar-refractivity contribution in [2.45, 2.75) is 58.5 Å². The van der Waals surface area contributed by atoms with Gasteiger partial charge in [0.25, 0.3) is 0 Å². The molecule has 2 atom stereocenters. The van der Waals surface area contributed by atoms with E-state index in [9.17, 15) is 14.7 Å². The van der Waals surface area contributed by atoms with E-state index in [0.717, 1.165) is 6.42 Å². The summed E-state index contributed by atoms with van der Waals surface area (Å²) in [5, 5.41) is 17.4. The van der Waals surface area contributed by atoms with E-state index in [0.29, 0.717) is 13.2 Å². The van der Waals surface area contributed by atoms with Gasteiger partial charge in [-0.1, -0.05) is 19.9 Å². The summed E-state index contributed by atoms with van der Waals surface area (Å²) in [6.45, 7) is 8.43. The number of aliphatic hydroxyl groups excluding tert-OH is 1. The van der Waals surface area contributed by atoms with Crippen LogP contribution in [0.25, 0.3) is 0 Å². The van der Waals surface area contributed by atoms with Crippen LogP contribution in [0.2, 0.25) is 0 Å². The molecule has 0 aliphatic carbocycles. The first-order valence-corrected chi connectivity index (χ1v) is 10.1. The Hall–Kier alpha value is -1.48. The molecule has 0 saturated carbocycles. The van der Waals surface area contributed by atoms with Crippen molar-refractivity contribution in [2.75, 3.05) is 19.7 Å². The molecule has 1 aromatic heterocycles. The van der Waals surface area contributed by atoms with Crippen molar-refractivity contribution < 1.29 is 24.2 Å². The number of hydrogen-bond donors (Lipinski definition) is 3. The summed E-state index contributed by atoms with van der Waals surface area (Å²) in [5.74, 6) is -1.51. The molecule has 152 valence electrons. The van der Waals surface area contributed by atoms with Gasteiger partial charge in [-0.2, -0.15) is 0 Å². The average molecular weight is 399 g/mol. The summed E-state index contributed by atoms with van der Waals surface area (Å²) < 4.78 is 11.4. The maximum absolute atomic E-state index is 12.5. The van der Waals surface area contributed by atoms with Crippen LogP contribution in [-0.2, 0) is 25.5 Å². The van der Waals surface area contributed by atoms with Crippen molar-refractivity contribution in [1.82, 2.24) is 10.6 Å². The molecule has 8 heteroatoms. The first-order chi connectivity index (χ1) is 12.6. The molecule has 1 saturated heterocycles. The van der Waals surface area contributed by atoms with Gasteiger partial charge in [0, 0.05) is 23.4 Å². The SMILES string of the molecule is CC1(C)OCC(C)(C)[C@H](C(=O)NCC[C@@H](O)C(=O)NCCc2cccs2)O1. The van der Waals surface area contributed by atoms with Gasteiger partial charge in [-0.15, -0.1) is 11.3 Å². The number of rotatable bonds is 8. The van der Waals surface area contributed by atoms with E-state index < -0.39 is 29.3 Å². The molecule has 1 aliphatic rings. The van der Waals surface area contributed by atoms with Crippen LogP contribution in [0.4, 0.5) is 0 Å². The molecule has 1 fully saturated rings. The normalized spacial score (nSPS) is 22.0. The van der Waals surface area contributed by atoms with Crippen molar-refractivity contribution >= 4 is 23.2 Å². The molecule has 1 aliphatic heterocycles.